The number of carbonyl (C=O) groups is 1. The molecule has 4 nitrogen and oxygen atoms in total. The van der Waals surface area contributed by atoms with Crippen LogP contribution in [0.25, 0.3) is 0 Å². The normalized spacial score (nSPS) is 32.4. The Kier molecular flexibility index (Phi) is 3.87. The van der Waals surface area contributed by atoms with Gasteiger partial charge < -0.3 is 15.7 Å². The molecule has 3 N–H and O–H groups in total. The Morgan fingerprint density at radius 1 is 1.33 bits per heavy atom. The number of amides is 1. The zero-order chi connectivity index (χ0) is 13.2. The predicted octanol–water partition coefficient (Wildman–Crippen LogP) is 0.652. The Bertz CT molecular complexity index is 307. The van der Waals surface area contributed by atoms with Gasteiger partial charge in [-0.05, 0) is 25.8 Å². The molecule has 6 heteroatoms. The van der Waals surface area contributed by atoms with Crippen LogP contribution < -0.4 is 10.6 Å². The van der Waals surface area contributed by atoms with Crippen molar-refractivity contribution in [1.82, 2.24) is 10.6 Å². The molecule has 104 valence electrons. The van der Waals surface area contributed by atoms with Gasteiger partial charge in [0.1, 0.15) is 0 Å². The van der Waals surface area contributed by atoms with Crippen molar-refractivity contribution in [2.45, 2.75) is 43.6 Å². The van der Waals surface area contributed by atoms with E-state index in [2.05, 4.69) is 10.6 Å². The van der Waals surface area contributed by atoms with E-state index in [4.69, 9.17) is 0 Å². The maximum absolute atomic E-state index is 13.0. The van der Waals surface area contributed by atoms with Crippen LogP contribution in [0.15, 0.2) is 0 Å². The lowest BCUT2D eigenvalue weighted by atomic mass is 9.86. The average Bonchev–Trinajstić information content (AvgIpc) is 2.74. The number of hydrogen-bond acceptors (Lipinski definition) is 3. The van der Waals surface area contributed by atoms with Gasteiger partial charge in [0.05, 0.1) is 5.60 Å². The molecule has 0 radical (unpaired) electrons. The topological polar surface area (TPSA) is 61.4 Å². The summed E-state index contributed by atoms with van der Waals surface area (Å²) in [5.41, 5.74) is -0.881. The predicted molar refractivity (Wildman–Crippen MR) is 62.4 cm³/mol. The molecule has 2 rings (SSSR count). The highest BCUT2D eigenvalue weighted by Crippen LogP contribution is 2.36. The van der Waals surface area contributed by atoms with Crippen LogP contribution in [0.4, 0.5) is 8.78 Å². The van der Waals surface area contributed by atoms with Gasteiger partial charge in [-0.25, -0.2) is 8.78 Å². The van der Waals surface area contributed by atoms with Crippen molar-refractivity contribution < 1.29 is 18.7 Å². The summed E-state index contributed by atoms with van der Waals surface area (Å²) < 4.78 is 25.9. The van der Waals surface area contributed by atoms with E-state index in [1.165, 1.54) is 0 Å². The van der Waals surface area contributed by atoms with Gasteiger partial charge >= 0.3 is 0 Å². The second-order valence-corrected chi connectivity index (χ2v) is 5.50. The first-order valence-electron chi connectivity index (χ1n) is 6.49. The van der Waals surface area contributed by atoms with Gasteiger partial charge in [-0.3, -0.25) is 4.79 Å². The Balaban J connectivity index is 1.75. The van der Waals surface area contributed by atoms with Gasteiger partial charge in [-0.1, -0.05) is 0 Å². The highest BCUT2D eigenvalue weighted by atomic mass is 19.3. The molecular weight excluding hydrogens is 242 g/mol. The molecule has 0 aromatic rings. The molecule has 0 spiro atoms. The number of aliphatic hydroxyl groups is 1. The molecule has 2 aliphatic rings. The zero-order valence-electron chi connectivity index (χ0n) is 10.3. The fraction of sp³-hybridized carbons (Fsp3) is 0.917. The molecular formula is C12H20F2N2O2. The number of carbonyl (C=O) groups excluding carboxylic acids is 1. The lowest BCUT2D eigenvalue weighted by molar-refractivity contribution is -0.130. The van der Waals surface area contributed by atoms with Crippen LogP contribution in [0.3, 0.4) is 0 Å². The second kappa shape index (κ2) is 5.09. The minimum Gasteiger partial charge on any atom is -0.387 e. The molecule has 1 heterocycles. The fourth-order valence-electron chi connectivity index (χ4n) is 2.58. The van der Waals surface area contributed by atoms with Crippen molar-refractivity contribution in [2.24, 2.45) is 5.92 Å². The minimum atomic E-state index is -2.61. The van der Waals surface area contributed by atoms with Crippen LogP contribution in [0.2, 0.25) is 0 Å². The van der Waals surface area contributed by atoms with Crippen molar-refractivity contribution in [3.8, 4) is 0 Å². The monoisotopic (exact) mass is 262 g/mol. The van der Waals surface area contributed by atoms with Crippen LogP contribution in [0.1, 0.15) is 32.1 Å². The quantitative estimate of drug-likeness (QED) is 0.700. The van der Waals surface area contributed by atoms with Gasteiger partial charge in [-0.15, -0.1) is 0 Å². The van der Waals surface area contributed by atoms with E-state index in [0.717, 1.165) is 6.54 Å². The molecule has 1 saturated carbocycles. The van der Waals surface area contributed by atoms with Crippen molar-refractivity contribution >= 4 is 5.91 Å². The molecule has 0 aromatic heterocycles. The standard InChI is InChI=1S/C12H20F2N2O2/c13-12(14)3-1-9(2-4-12)10(17)16-8-11(18)5-6-15-7-11/h9,15,18H,1-8H2,(H,16,17). The molecule has 1 aliphatic carbocycles. The van der Waals surface area contributed by atoms with Crippen molar-refractivity contribution in [2.75, 3.05) is 19.6 Å². The number of nitrogens with one attached hydrogen (secondary N) is 2. The van der Waals surface area contributed by atoms with Gasteiger partial charge in [0.25, 0.3) is 0 Å². The van der Waals surface area contributed by atoms with E-state index in [1.54, 1.807) is 0 Å². The SMILES string of the molecule is O=C(NCC1(O)CCNC1)C1CCC(F)(F)CC1. The zero-order valence-corrected chi connectivity index (χ0v) is 10.3. The van der Waals surface area contributed by atoms with Crippen LogP contribution >= 0.6 is 0 Å². The molecule has 1 unspecified atom stereocenters. The third-order valence-corrected chi connectivity index (χ3v) is 3.90. The first-order valence-corrected chi connectivity index (χ1v) is 6.49. The number of β-amino-alcohol motifs (C(OH)–C–C–N with tert-alkyl or cyclic N) is 1. The highest BCUT2D eigenvalue weighted by molar-refractivity contribution is 5.78. The Labute approximate surface area is 105 Å². The summed E-state index contributed by atoms with van der Waals surface area (Å²) in [7, 11) is 0. The summed E-state index contributed by atoms with van der Waals surface area (Å²) in [6, 6.07) is 0. The van der Waals surface area contributed by atoms with E-state index in [9.17, 15) is 18.7 Å². The van der Waals surface area contributed by atoms with Gasteiger partial charge in [-0.2, -0.15) is 0 Å². The molecule has 0 bridgehead atoms. The van der Waals surface area contributed by atoms with E-state index in [-0.39, 0.29) is 44.1 Å². The van der Waals surface area contributed by atoms with Crippen LogP contribution in [-0.2, 0) is 4.79 Å². The van der Waals surface area contributed by atoms with E-state index in [0.29, 0.717) is 13.0 Å². The number of halogens is 2. The molecule has 1 aliphatic heterocycles. The number of rotatable bonds is 3. The maximum atomic E-state index is 13.0. The fourth-order valence-corrected chi connectivity index (χ4v) is 2.58. The van der Waals surface area contributed by atoms with E-state index >= 15 is 0 Å². The van der Waals surface area contributed by atoms with E-state index in [1.807, 2.05) is 0 Å². The van der Waals surface area contributed by atoms with Crippen LogP contribution in [-0.4, -0.2) is 42.2 Å². The Morgan fingerprint density at radius 3 is 2.56 bits per heavy atom. The first kappa shape index (κ1) is 13.7. The van der Waals surface area contributed by atoms with Gasteiger partial charge in [0, 0.05) is 31.8 Å². The Morgan fingerprint density at radius 2 is 2.00 bits per heavy atom. The van der Waals surface area contributed by atoms with Crippen molar-refractivity contribution in [1.29, 1.82) is 0 Å². The number of alkyl halides is 2. The first-order chi connectivity index (χ1) is 8.40. The van der Waals surface area contributed by atoms with E-state index < -0.39 is 11.5 Å². The maximum Gasteiger partial charge on any atom is 0.248 e. The Hall–Kier alpha value is -0.750. The smallest absolute Gasteiger partial charge is 0.248 e. The van der Waals surface area contributed by atoms with Gasteiger partial charge in [0.2, 0.25) is 11.8 Å². The molecule has 1 atom stereocenters. The minimum absolute atomic E-state index is 0.200. The van der Waals surface area contributed by atoms with Crippen molar-refractivity contribution in [3.63, 3.8) is 0 Å². The summed E-state index contributed by atoms with van der Waals surface area (Å²) in [6.07, 6.45) is 0.648. The third-order valence-electron chi connectivity index (χ3n) is 3.90. The highest BCUT2D eigenvalue weighted by Gasteiger charge is 2.38. The lowest BCUT2D eigenvalue weighted by Gasteiger charge is -2.29. The molecule has 1 saturated heterocycles. The van der Waals surface area contributed by atoms with Crippen LogP contribution in [0.5, 0.6) is 0 Å². The second-order valence-electron chi connectivity index (χ2n) is 5.50. The number of hydrogen-bond donors (Lipinski definition) is 3. The summed E-state index contributed by atoms with van der Waals surface area (Å²) >= 11 is 0. The summed E-state index contributed by atoms with van der Waals surface area (Å²) in [4.78, 5) is 11.8. The molecule has 1 amide bonds. The lowest BCUT2D eigenvalue weighted by Crippen LogP contribution is -2.46. The van der Waals surface area contributed by atoms with Crippen molar-refractivity contribution in [3.05, 3.63) is 0 Å². The summed E-state index contributed by atoms with van der Waals surface area (Å²) in [6.45, 7) is 1.41. The summed E-state index contributed by atoms with van der Waals surface area (Å²) in [5.74, 6) is -3.14. The van der Waals surface area contributed by atoms with Crippen LogP contribution in [0, 0.1) is 5.92 Å². The molecule has 2 fully saturated rings. The average molecular weight is 262 g/mol. The summed E-state index contributed by atoms with van der Waals surface area (Å²) in [5, 5.41) is 15.7. The molecule has 0 aromatic carbocycles. The third kappa shape index (κ3) is 3.38. The molecule has 18 heavy (non-hydrogen) atoms. The largest absolute Gasteiger partial charge is 0.387 e. The van der Waals surface area contributed by atoms with Gasteiger partial charge in [0.15, 0.2) is 0 Å².